The van der Waals surface area contributed by atoms with Crippen LogP contribution in [0.5, 0.6) is 0 Å². The molecule has 4 aromatic carbocycles. The van der Waals surface area contributed by atoms with Crippen molar-refractivity contribution >= 4 is 47.8 Å². The van der Waals surface area contributed by atoms with Gasteiger partial charge in [0.05, 0.1) is 21.6 Å². The van der Waals surface area contributed by atoms with Crippen molar-refractivity contribution in [1.82, 2.24) is 0 Å². The Labute approximate surface area is 303 Å². The van der Waals surface area contributed by atoms with E-state index in [9.17, 15) is 0 Å². The second kappa shape index (κ2) is 10.9. The van der Waals surface area contributed by atoms with E-state index in [-0.39, 0.29) is 15.5 Å². The van der Waals surface area contributed by atoms with Gasteiger partial charge in [0.15, 0.2) is 0 Å². The zero-order valence-corrected chi connectivity index (χ0v) is 34.3. The maximum absolute atomic E-state index is 2.66. The van der Waals surface area contributed by atoms with Crippen LogP contribution in [0.2, 0.25) is 36.3 Å². The molecule has 0 atom stereocenters. The van der Waals surface area contributed by atoms with E-state index in [1.165, 1.54) is 55.6 Å². The predicted molar refractivity (Wildman–Crippen MR) is 223 cm³/mol. The van der Waals surface area contributed by atoms with Gasteiger partial charge in [-0.2, -0.15) is 0 Å². The molecule has 2 aromatic heterocycles. The van der Waals surface area contributed by atoms with Gasteiger partial charge >= 0.3 is 0 Å². The molecule has 248 valence electrons. The summed E-state index contributed by atoms with van der Waals surface area (Å²) in [5, 5.41) is 0.518. The van der Waals surface area contributed by atoms with E-state index in [1.807, 2.05) is 0 Å². The van der Waals surface area contributed by atoms with Crippen LogP contribution in [0.15, 0.2) is 109 Å². The van der Waals surface area contributed by atoms with Gasteiger partial charge in [-0.3, -0.25) is 0 Å². The van der Waals surface area contributed by atoms with E-state index in [0.717, 1.165) is 0 Å². The Morgan fingerprint density at radius 3 is 1.14 bits per heavy atom. The average molecular weight is 709 g/mol. The molecular formula is C45H48S2Si2. The van der Waals surface area contributed by atoms with Gasteiger partial charge in [0.25, 0.3) is 0 Å². The summed E-state index contributed by atoms with van der Waals surface area (Å²) in [6, 6.07) is 41.9. The van der Waals surface area contributed by atoms with E-state index >= 15 is 0 Å². The highest BCUT2D eigenvalue weighted by atomic mass is 32.1. The minimum absolute atomic E-state index is 0.259. The molecule has 0 unspecified atom stereocenters. The van der Waals surface area contributed by atoms with Gasteiger partial charge in [0.2, 0.25) is 0 Å². The third-order valence-corrected chi connectivity index (χ3v) is 28.8. The lowest BCUT2D eigenvalue weighted by molar-refractivity contribution is 0.730. The molecular weight excluding hydrogens is 661 g/mol. The van der Waals surface area contributed by atoms with Gasteiger partial charge in [-0.05, 0) is 99.0 Å². The van der Waals surface area contributed by atoms with Crippen molar-refractivity contribution in [3.05, 3.63) is 130 Å². The number of benzene rings is 4. The Kier molecular flexibility index (Phi) is 7.29. The maximum Gasteiger partial charge on any atom is 0.0987 e. The monoisotopic (exact) mass is 708 g/mol. The molecule has 0 nitrogen and oxygen atoms in total. The quantitative estimate of drug-likeness (QED) is 0.160. The highest BCUT2D eigenvalue weighted by molar-refractivity contribution is 7.29. The van der Waals surface area contributed by atoms with Crippen LogP contribution in [0, 0.1) is 0 Å². The van der Waals surface area contributed by atoms with E-state index in [0.29, 0.717) is 0 Å². The predicted octanol–water partition coefficient (Wildman–Crippen LogP) is 12.9. The summed E-state index contributed by atoms with van der Waals surface area (Å²) < 4.78 is 3.26. The third-order valence-electron chi connectivity index (χ3n) is 12.8. The molecule has 6 aromatic rings. The first kappa shape index (κ1) is 32.9. The van der Waals surface area contributed by atoms with Crippen LogP contribution < -0.4 is 9.00 Å². The molecule has 2 heterocycles. The van der Waals surface area contributed by atoms with Crippen molar-refractivity contribution in [2.75, 3.05) is 0 Å². The molecule has 49 heavy (non-hydrogen) atoms. The van der Waals surface area contributed by atoms with E-state index in [2.05, 4.69) is 200 Å². The summed E-state index contributed by atoms with van der Waals surface area (Å²) >= 11 is 4.28. The molecule has 0 aliphatic heterocycles. The molecule has 0 fully saturated rings. The highest BCUT2D eigenvalue weighted by Crippen LogP contribution is 2.66. The normalized spacial score (nSPS) is 14.9. The second-order valence-electron chi connectivity index (χ2n) is 17.5. The molecule has 2 aliphatic carbocycles. The lowest BCUT2D eigenvalue weighted by atomic mass is 9.76. The molecule has 2 aliphatic rings. The van der Waals surface area contributed by atoms with Crippen LogP contribution in [0.25, 0.3) is 44.5 Å². The summed E-state index contributed by atoms with van der Waals surface area (Å²) in [7, 11) is -3.60. The van der Waals surface area contributed by atoms with Gasteiger partial charge in [-0.1, -0.05) is 153 Å². The first-order valence-corrected chi connectivity index (χ1v) is 25.4. The molecule has 4 heteroatoms. The lowest BCUT2D eigenvalue weighted by Crippen LogP contribution is -2.48. The van der Waals surface area contributed by atoms with Crippen molar-refractivity contribution in [3.63, 3.8) is 0 Å². The molecule has 0 radical (unpaired) electrons. The van der Waals surface area contributed by atoms with E-state index in [1.54, 1.807) is 18.8 Å². The summed E-state index contributed by atoms with van der Waals surface area (Å²) in [5.41, 5.74) is 13.5. The molecule has 8 rings (SSSR count). The maximum atomic E-state index is 2.66. The number of rotatable bonds is 4. The molecule has 0 N–H and O–H groups in total. The fourth-order valence-electron chi connectivity index (χ4n) is 7.63. The molecule has 0 amide bonds. The van der Waals surface area contributed by atoms with Gasteiger partial charge in [0.1, 0.15) is 0 Å². The van der Waals surface area contributed by atoms with Crippen LogP contribution in [0.4, 0.5) is 0 Å². The van der Waals surface area contributed by atoms with E-state index in [4.69, 9.17) is 0 Å². The fourth-order valence-corrected chi connectivity index (χ4v) is 17.0. The first-order valence-electron chi connectivity index (χ1n) is 17.8. The van der Waals surface area contributed by atoms with Crippen LogP contribution in [0.3, 0.4) is 0 Å². The van der Waals surface area contributed by atoms with Crippen molar-refractivity contribution < 1.29 is 0 Å². The SMILES string of the molecule is CC(C)(C)[Si](C)(C)c1cc2c(s1)C1(c3cc(-c4ccccc4)ccc3-c3ccc(-c4ccccc4)cc31)c1sc([Si](C)(C)C(C)(C)C)cc1-2. The zero-order valence-electron chi connectivity index (χ0n) is 30.7. The number of thiophene rings is 2. The summed E-state index contributed by atoms with van der Waals surface area (Å²) in [6.07, 6.45) is 0. The molecule has 0 bridgehead atoms. The van der Waals surface area contributed by atoms with Crippen LogP contribution in [-0.2, 0) is 5.41 Å². The zero-order chi connectivity index (χ0) is 34.7. The second-order valence-corrected chi connectivity index (χ2v) is 30.9. The molecule has 0 saturated heterocycles. The number of hydrogen-bond donors (Lipinski definition) is 0. The van der Waals surface area contributed by atoms with Gasteiger partial charge in [-0.15, -0.1) is 22.7 Å². The third kappa shape index (κ3) is 4.63. The number of fused-ring (bicyclic) bond motifs is 10. The average Bonchev–Trinajstić information content (AvgIpc) is 3.81. The largest absolute Gasteiger partial charge is 0.148 e. The Bertz CT molecular complexity index is 2070. The van der Waals surface area contributed by atoms with Crippen molar-refractivity contribution in [2.24, 2.45) is 0 Å². The Hall–Kier alpha value is -3.29. The van der Waals surface area contributed by atoms with Crippen LogP contribution >= 0.6 is 22.7 Å². The van der Waals surface area contributed by atoms with Gasteiger partial charge in [0, 0.05) is 9.75 Å². The molecule has 1 spiro atoms. The van der Waals surface area contributed by atoms with Crippen LogP contribution in [0.1, 0.15) is 62.4 Å². The topological polar surface area (TPSA) is 0 Å². The van der Waals surface area contributed by atoms with Crippen LogP contribution in [-0.4, -0.2) is 16.1 Å². The Morgan fingerprint density at radius 1 is 0.429 bits per heavy atom. The highest BCUT2D eigenvalue weighted by Gasteiger charge is 2.56. The van der Waals surface area contributed by atoms with Crippen molar-refractivity contribution in [3.8, 4) is 44.5 Å². The smallest absolute Gasteiger partial charge is 0.0987 e. The summed E-state index contributed by atoms with van der Waals surface area (Å²) in [4.78, 5) is 3.09. The van der Waals surface area contributed by atoms with Gasteiger partial charge < -0.3 is 0 Å². The fraction of sp³-hybridized carbons (Fsp3) is 0.289. The number of hydrogen-bond acceptors (Lipinski definition) is 2. The standard InChI is InChI=1S/C45H48S2Si2/c1-43(2,3)48(7,8)39-27-35-36-28-40(49(9,10)44(4,5)6)47-42(36)45(41(35)46-39)37-25-31(29-17-13-11-14-18-29)21-23-33(37)34-24-22-32(26-38(34)45)30-19-15-12-16-20-30/h11-28H,1-10H3. The minimum Gasteiger partial charge on any atom is -0.148 e. The Morgan fingerprint density at radius 2 is 0.796 bits per heavy atom. The van der Waals surface area contributed by atoms with Crippen molar-refractivity contribution in [2.45, 2.75) is 83.2 Å². The minimum atomic E-state index is -1.80. The lowest BCUT2D eigenvalue weighted by Gasteiger charge is -2.37. The van der Waals surface area contributed by atoms with Crippen molar-refractivity contribution in [1.29, 1.82) is 0 Å². The summed E-state index contributed by atoms with van der Waals surface area (Å²) in [5.74, 6) is 0. The van der Waals surface area contributed by atoms with E-state index < -0.39 is 16.1 Å². The Balaban J connectivity index is 1.50. The first-order chi connectivity index (χ1) is 23.1. The summed E-state index contributed by atoms with van der Waals surface area (Å²) in [6.45, 7) is 25.1. The molecule has 0 saturated carbocycles. The van der Waals surface area contributed by atoms with Gasteiger partial charge in [-0.25, -0.2) is 0 Å².